The lowest BCUT2D eigenvalue weighted by atomic mass is 9.83. The highest BCUT2D eigenvalue weighted by Gasteiger charge is 2.37. The summed E-state index contributed by atoms with van der Waals surface area (Å²) in [6, 6.07) is 4.43. The molecule has 2 heterocycles. The van der Waals surface area contributed by atoms with Crippen LogP contribution in [-0.4, -0.2) is 123 Å². The zero-order chi connectivity index (χ0) is 32.0. The van der Waals surface area contributed by atoms with Crippen LogP contribution >= 0.6 is 0 Å². The molecule has 12 heteroatoms. The summed E-state index contributed by atoms with van der Waals surface area (Å²) in [7, 11) is 8.36. The van der Waals surface area contributed by atoms with Gasteiger partial charge in [-0.25, -0.2) is 0 Å². The van der Waals surface area contributed by atoms with Gasteiger partial charge >= 0.3 is 0 Å². The van der Waals surface area contributed by atoms with Gasteiger partial charge in [0, 0.05) is 65.4 Å². The van der Waals surface area contributed by atoms with Crippen LogP contribution in [0.3, 0.4) is 0 Å². The third kappa shape index (κ3) is 7.02. The molecular weight excluding hydrogens is 564 g/mol. The number of carbonyl (C=O) groups excluding carboxylic acids is 4. The van der Waals surface area contributed by atoms with Crippen LogP contribution in [0, 0.1) is 5.92 Å². The van der Waals surface area contributed by atoms with Crippen molar-refractivity contribution in [1.82, 2.24) is 29.9 Å². The topological polar surface area (TPSA) is 125 Å². The number of aryl methyl sites for hydroxylation is 1. The second kappa shape index (κ2) is 14.9. The Morgan fingerprint density at radius 2 is 1.68 bits per heavy atom. The summed E-state index contributed by atoms with van der Waals surface area (Å²) >= 11 is 0. The van der Waals surface area contributed by atoms with E-state index in [1.165, 1.54) is 0 Å². The van der Waals surface area contributed by atoms with Gasteiger partial charge < -0.3 is 39.4 Å². The minimum Gasteiger partial charge on any atom is -0.497 e. The standard InChI is InChI=1S/C32H48N6O6/c1-21(33-2)29(39)34-27(22-10-8-7-9-11-22)31(41)37-14-16-38(17-15-37)32(42)28-26(30(40)35(3)18-19-43-5)24-13-12-23(44-6)20-25(24)36(28)4/h12-13,20-22,27,33H,7-11,14-19H2,1-6H3,(H,34,39)/t21-,27-/m0/s1. The van der Waals surface area contributed by atoms with Gasteiger partial charge in [-0.05, 0) is 44.9 Å². The molecule has 0 bridgehead atoms. The van der Waals surface area contributed by atoms with Crippen LogP contribution in [0.25, 0.3) is 10.9 Å². The Hall–Kier alpha value is -3.64. The van der Waals surface area contributed by atoms with E-state index in [0.29, 0.717) is 67.2 Å². The first-order valence-electron chi connectivity index (χ1n) is 15.6. The monoisotopic (exact) mass is 612 g/mol. The highest BCUT2D eigenvalue weighted by Crippen LogP contribution is 2.31. The summed E-state index contributed by atoms with van der Waals surface area (Å²) in [5.74, 6) is -0.0894. The molecule has 0 unspecified atom stereocenters. The van der Waals surface area contributed by atoms with Gasteiger partial charge in [0.2, 0.25) is 11.8 Å². The summed E-state index contributed by atoms with van der Waals surface area (Å²) < 4.78 is 12.3. The molecule has 44 heavy (non-hydrogen) atoms. The SMILES string of the molecule is CN[C@@H](C)C(=O)N[C@H](C(=O)N1CCN(C(=O)c2c(C(=O)N(C)CCOC)c3ccc(OC)cc3n2C)CC1)C1CCCCC1. The molecule has 1 saturated carbocycles. The van der Waals surface area contributed by atoms with Gasteiger partial charge in [0.1, 0.15) is 17.5 Å². The largest absolute Gasteiger partial charge is 0.497 e. The molecule has 4 amide bonds. The Labute approximate surface area is 260 Å². The molecule has 1 saturated heterocycles. The van der Waals surface area contributed by atoms with Gasteiger partial charge in [0.25, 0.3) is 11.8 Å². The number of benzene rings is 1. The van der Waals surface area contributed by atoms with Gasteiger partial charge in [0.05, 0.1) is 30.8 Å². The van der Waals surface area contributed by atoms with Crippen molar-refractivity contribution in [2.24, 2.45) is 13.0 Å². The maximum Gasteiger partial charge on any atom is 0.271 e. The molecule has 2 atom stereocenters. The summed E-state index contributed by atoms with van der Waals surface area (Å²) in [6.45, 7) is 3.86. The van der Waals surface area contributed by atoms with E-state index in [1.54, 1.807) is 67.6 Å². The zero-order valence-electron chi connectivity index (χ0n) is 27.0. The Bertz CT molecular complexity index is 1340. The van der Waals surface area contributed by atoms with Crippen molar-refractivity contribution in [2.45, 2.75) is 51.1 Å². The average Bonchev–Trinajstić information content (AvgIpc) is 3.35. The van der Waals surface area contributed by atoms with E-state index in [9.17, 15) is 19.2 Å². The number of hydrogen-bond donors (Lipinski definition) is 2. The van der Waals surface area contributed by atoms with Crippen molar-refractivity contribution in [2.75, 3.05) is 67.6 Å². The Morgan fingerprint density at radius 1 is 1.02 bits per heavy atom. The molecule has 242 valence electrons. The van der Waals surface area contributed by atoms with Crippen molar-refractivity contribution >= 4 is 34.5 Å². The van der Waals surface area contributed by atoms with E-state index in [2.05, 4.69) is 10.6 Å². The Morgan fingerprint density at radius 3 is 2.30 bits per heavy atom. The lowest BCUT2D eigenvalue weighted by Gasteiger charge is -2.39. The number of rotatable bonds is 11. The first-order valence-corrected chi connectivity index (χ1v) is 15.6. The normalized spacial score (nSPS) is 17.3. The second-order valence-electron chi connectivity index (χ2n) is 11.9. The number of aromatic nitrogens is 1. The summed E-state index contributed by atoms with van der Waals surface area (Å²) in [4.78, 5) is 59.5. The van der Waals surface area contributed by atoms with Crippen molar-refractivity contribution in [3.63, 3.8) is 0 Å². The quantitative estimate of drug-likeness (QED) is 0.397. The highest BCUT2D eigenvalue weighted by molar-refractivity contribution is 6.16. The number of ether oxygens (including phenoxy) is 2. The molecule has 12 nitrogen and oxygen atoms in total. The molecule has 2 aliphatic rings. The van der Waals surface area contributed by atoms with Gasteiger partial charge in [-0.2, -0.15) is 0 Å². The first-order chi connectivity index (χ1) is 21.1. The number of amides is 4. The van der Waals surface area contributed by atoms with Gasteiger partial charge in [-0.1, -0.05) is 19.3 Å². The van der Waals surface area contributed by atoms with Crippen molar-refractivity contribution in [3.8, 4) is 5.75 Å². The molecule has 1 aliphatic carbocycles. The number of likely N-dealkylation sites (N-methyl/N-ethyl adjacent to an activating group) is 2. The summed E-state index contributed by atoms with van der Waals surface area (Å²) in [5, 5.41) is 6.65. The molecule has 1 aromatic heterocycles. The van der Waals surface area contributed by atoms with Crippen LogP contribution in [0.5, 0.6) is 5.75 Å². The molecular formula is C32H48N6O6. The number of hydrogen-bond acceptors (Lipinski definition) is 7. The lowest BCUT2D eigenvalue weighted by Crippen LogP contribution is -2.59. The predicted molar refractivity (Wildman–Crippen MR) is 168 cm³/mol. The Kier molecular flexibility index (Phi) is 11.3. The Balaban J connectivity index is 1.56. The van der Waals surface area contributed by atoms with E-state index in [-0.39, 0.29) is 29.5 Å². The molecule has 2 aromatic rings. The fourth-order valence-corrected chi connectivity index (χ4v) is 6.27. The number of piperazine rings is 1. The van der Waals surface area contributed by atoms with Crippen LogP contribution < -0.4 is 15.4 Å². The lowest BCUT2D eigenvalue weighted by molar-refractivity contribution is -0.140. The second-order valence-corrected chi connectivity index (χ2v) is 11.9. The molecule has 0 spiro atoms. The third-order valence-electron chi connectivity index (χ3n) is 9.19. The third-order valence-corrected chi connectivity index (χ3v) is 9.19. The highest BCUT2D eigenvalue weighted by atomic mass is 16.5. The van der Waals surface area contributed by atoms with Crippen LogP contribution in [0.4, 0.5) is 0 Å². The van der Waals surface area contributed by atoms with Crippen LogP contribution in [-0.2, 0) is 21.4 Å². The molecule has 2 N–H and O–H groups in total. The number of nitrogens with one attached hydrogen (secondary N) is 2. The minimum absolute atomic E-state index is 0.0898. The van der Waals surface area contributed by atoms with Crippen LogP contribution in [0.2, 0.25) is 0 Å². The molecule has 0 radical (unpaired) electrons. The van der Waals surface area contributed by atoms with E-state index in [4.69, 9.17) is 9.47 Å². The smallest absolute Gasteiger partial charge is 0.271 e. The molecule has 1 aliphatic heterocycles. The van der Waals surface area contributed by atoms with Gasteiger partial charge in [-0.3, -0.25) is 19.2 Å². The van der Waals surface area contributed by atoms with Crippen molar-refractivity contribution in [3.05, 3.63) is 29.5 Å². The van der Waals surface area contributed by atoms with E-state index < -0.39 is 12.1 Å². The molecule has 1 aromatic carbocycles. The van der Waals surface area contributed by atoms with E-state index >= 15 is 0 Å². The average molecular weight is 613 g/mol. The van der Waals surface area contributed by atoms with Gasteiger partial charge in [0.15, 0.2) is 0 Å². The maximum absolute atomic E-state index is 14.1. The minimum atomic E-state index is -0.583. The van der Waals surface area contributed by atoms with Crippen molar-refractivity contribution < 1.29 is 28.7 Å². The van der Waals surface area contributed by atoms with E-state index in [0.717, 1.165) is 32.1 Å². The summed E-state index contributed by atoms with van der Waals surface area (Å²) in [6.07, 6.45) is 5.06. The fourth-order valence-electron chi connectivity index (χ4n) is 6.27. The van der Waals surface area contributed by atoms with Crippen LogP contribution in [0.1, 0.15) is 59.9 Å². The van der Waals surface area contributed by atoms with Crippen LogP contribution in [0.15, 0.2) is 18.2 Å². The number of carbonyl (C=O) groups is 4. The maximum atomic E-state index is 14.1. The van der Waals surface area contributed by atoms with Crippen molar-refractivity contribution in [1.29, 1.82) is 0 Å². The summed E-state index contributed by atoms with van der Waals surface area (Å²) in [5.41, 5.74) is 1.36. The van der Waals surface area contributed by atoms with Gasteiger partial charge in [-0.15, -0.1) is 0 Å². The zero-order valence-corrected chi connectivity index (χ0v) is 27.0. The molecule has 4 rings (SSSR count). The number of methoxy groups -OCH3 is 2. The fraction of sp³-hybridized carbons (Fsp3) is 0.625. The number of fused-ring (bicyclic) bond motifs is 1. The molecule has 2 fully saturated rings. The first kappa shape index (κ1) is 33.3. The van der Waals surface area contributed by atoms with E-state index in [1.807, 2.05) is 12.1 Å². The predicted octanol–water partition coefficient (Wildman–Crippen LogP) is 1.86. The number of nitrogens with zero attached hydrogens (tertiary/aromatic N) is 4.